The van der Waals surface area contributed by atoms with Crippen LogP contribution in [0, 0.1) is 11.3 Å². The van der Waals surface area contributed by atoms with E-state index in [4.69, 9.17) is 4.74 Å². The summed E-state index contributed by atoms with van der Waals surface area (Å²) >= 11 is 0. The Balaban J connectivity index is 1.87. The third-order valence-corrected chi connectivity index (χ3v) is 5.91. The number of rotatable bonds is 5. The predicted octanol–water partition coefficient (Wildman–Crippen LogP) is 1.54. The van der Waals surface area contributed by atoms with Gasteiger partial charge in [-0.05, 0) is 53.5 Å². The molecule has 1 aliphatic rings. The Hall–Kier alpha value is -2.96. The first-order valence-electron chi connectivity index (χ1n) is 10.5. The molecular formula is C24H29N3O5. The van der Waals surface area contributed by atoms with Crippen molar-refractivity contribution >= 4 is 27.9 Å². The van der Waals surface area contributed by atoms with Crippen molar-refractivity contribution in [1.29, 1.82) is 5.26 Å². The first kappa shape index (κ1) is 23.7. The lowest BCUT2D eigenvalue weighted by Gasteiger charge is -2.40. The van der Waals surface area contributed by atoms with Gasteiger partial charge in [-0.15, -0.1) is 0 Å². The number of carbonyl (C=O) groups excluding carboxylic acids is 1. The number of nitrogens with one attached hydrogen (secondary N) is 1. The number of aliphatic hydroxyl groups is 3. The largest absolute Gasteiger partial charge is 0.388 e. The molecule has 0 saturated carbocycles. The van der Waals surface area contributed by atoms with Gasteiger partial charge in [0.1, 0.15) is 29.9 Å². The standard InChI is InChI=1S/C24H29N3O5/c1-5-19-21(28)22(29)20(24(31)32-19)26-23(30)18(12-25)13(2)14-6-7-16-11-17(27(3)4)9-8-15(16)10-14/h6-11,19-22,24,28-29,31H,5H2,1-4H3,(H,26,30)/b18-13+/t19-,20-,21-,22-,24?/m1/s1. The lowest BCUT2D eigenvalue weighted by atomic mass is 9.94. The van der Waals surface area contributed by atoms with E-state index in [0.29, 0.717) is 17.6 Å². The molecule has 5 atom stereocenters. The summed E-state index contributed by atoms with van der Waals surface area (Å²) in [5.41, 5.74) is 2.07. The van der Waals surface area contributed by atoms with E-state index in [9.17, 15) is 25.4 Å². The van der Waals surface area contributed by atoms with Crippen LogP contribution < -0.4 is 10.2 Å². The van der Waals surface area contributed by atoms with Gasteiger partial charge in [-0.25, -0.2) is 0 Å². The Labute approximate surface area is 187 Å². The van der Waals surface area contributed by atoms with Crippen LogP contribution in [0.3, 0.4) is 0 Å². The molecule has 0 aliphatic carbocycles. The fraction of sp³-hybridized carbons (Fsp3) is 0.417. The molecule has 8 heteroatoms. The molecule has 8 nitrogen and oxygen atoms in total. The van der Waals surface area contributed by atoms with Crippen molar-refractivity contribution in [2.75, 3.05) is 19.0 Å². The maximum atomic E-state index is 12.8. The van der Waals surface area contributed by atoms with Crippen molar-refractivity contribution in [2.24, 2.45) is 0 Å². The first-order chi connectivity index (χ1) is 15.2. The van der Waals surface area contributed by atoms with Crippen molar-refractivity contribution in [3.63, 3.8) is 0 Å². The van der Waals surface area contributed by atoms with Gasteiger partial charge >= 0.3 is 0 Å². The smallest absolute Gasteiger partial charge is 0.262 e. The van der Waals surface area contributed by atoms with Crippen LogP contribution in [0.4, 0.5) is 5.69 Å². The summed E-state index contributed by atoms with van der Waals surface area (Å²) in [7, 11) is 3.93. The zero-order valence-corrected chi connectivity index (χ0v) is 18.6. The second-order valence-corrected chi connectivity index (χ2v) is 8.21. The van der Waals surface area contributed by atoms with E-state index < -0.39 is 36.6 Å². The Morgan fingerprint density at radius 3 is 2.41 bits per heavy atom. The second kappa shape index (κ2) is 9.67. The molecule has 1 amide bonds. The van der Waals surface area contributed by atoms with Crippen LogP contribution in [-0.2, 0) is 9.53 Å². The van der Waals surface area contributed by atoms with E-state index in [1.165, 1.54) is 0 Å². The number of aliphatic hydroxyl groups excluding tert-OH is 3. The van der Waals surface area contributed by atoms with Gasteiger partial charge < -0.3 is 30.3 Å². The third-order valence-electron chi connectivity index (χ3n) is 5.91. The quantitative estimate of drug-likeness (QED) is 0.411. The number of nitrogens with zero attached hydrogens (tertiary/aromatic N) is 2. The molecule has 1 unspecified atom stereocenters. The van der Waals surface area contributed by atoms with Crippen molar-refractivity contribution in [3.8, 4) is 6.07 Å². The monoisotopic (exact) mass is 439 g/mol. The van der Waals surface area contributed by atoms with E-state index in [-0.39, 0.29) is 5.57 Å². The summed E-state index contributed by atoms with van der Waals surface area (Å²) in [6.07, 6.45) is -4.56. The summed E-state index contributed by atoms with van der Waals surface area (Å²) in [5, 5.41) is 44.8. The molecule has 0 spiro atoms. The lowest BCUT2D eigenvalue weighted by Crippen LogP contribution is -2.63. The van der Waals surface area contributed by atoms with Crippen LogP contribution in [-0.4, -0.2) is 66.0 Å². The highest BCUT2D eigenvalue weighted by Gasteiger charge is 2.44. The normalized spacial score (nSPS) is 26.2. The number of ether oxygens (including phenoxy) is 1. The Morgan fingerprint density at radius 1 is 1.12 bits per heavy atom. The Bertz CT molecular complexity index is 1070. The Kier molecular flexibility index (Phi) is 7.16. The van der Waals surface area contributed by atoms with Gasteiger partial charge in [0.2, 0.25) is 0 Å². The minimum Gasteiger partial charge on any atom is -0.388 e. The van der Waals surface area contributed by atoms with Gasteiger partial charge in [0.15, 0.2) is 6.29 Å². The van der Waals surface area contributed by atoms with Crippen molar-refractivity contribution < 1.29 is 24.9 Å². The van der Waals surface area contributed by atoms with Gasteiger partial charge in [-0.3, -0.25) is 4.79 Å². The number of carbonyl (C=O) groups is 1. The van der Waals surface area contributed by atoms with Gasteiger partial charge in [0.05, 0.1) is 6.10 Å². The summed E-state index contributed by atoms with van der Waals surface area (Å²) in [6, 6.07) is 12.3. The van der Waals surface area contributed by atoms with Gasteiger partial charge in [0, 0.05) is 19.8 Å². The van der Waals surface area contributed by atoms with Crippen LogP contribution in [0.15, 0.2) is 42.0 Å². The number of hydrogen-bond acceptors (Lipinski definition) is 7. The summed E-state index contributed by atoms with van der Waals surface area (Å²) in [4.78, 5) is 14.8. The predicted molar refractivity (Wildman–Crippen MR) is 122 cm³/mol. The number of fused-ring (bicyclic) bond motifs is 1. The molecule has 32 heavy (non-hydrogen) atoms. The first-order valence-corrected chi connectivity index (χ1v) is 10.5. The van der Waals surface area contributed by atoms with Crippen LogP contribution in [0.2, 0.25) is 0 Å². The molecule has 2 aromatic rings. The molecule has 4 N–H and O–H groups in total. The number of nitriles is 1. The van der Waals surface area contributed by atoms with Crippen molar-refractivity contribution in [1.82, 2.24) is 5.32 Å². The Morgan fingerprint density at radius 2 is 1.78 bits per heavy atom. The minimum atomic E-state index is -1.51. The molecule has 0 aromatic heterocycles. The molecule has 2 aromatic carbocycles. The van der Waals surface area contributed by atoms with Crippen LogP contribution in [0.5, 0.6) is 0 Å². The van der Waals surface area contributed by atoms with E-state index >= 15 is 0 Å². The number of hydrogen-bond donors (Lipinski definition) is 4. The number of benzene rings is 2. The maximum Gasteiger partial charge on any atom is 0.262 e. The maximum absolute atomic E-state index is 12.8. The molecular weight excluding hydrogens is 410 g/mol. The molecule has 1 saturated heterocycles. The molecule has 0 radical (unpaired) electrons. The zero-order valence-electron chi connectivity index (χ0n) is 18.6. The number of allylic oxidation sites excluding steroid dienone is 1. The molecule has 1 heterocycles. The molecule has 170 valence electrons. The average molecular weight is 440 g/mol. The van der Waals surface area contributed by atoms with Crippen LogP contribution in [0.25, 0.3) is 16.3 Å². The minimum absolute atomic E-state index is 0.152. The zero-order chi connectivity index (χ0) is 23.6. The summed E-state index contributed by atoms with van der Waals surface area (Å²) in [6.45, 7) is 3.41. The average Bonchev–Trinajstić information content (AvgIpc) is 2.78. The van der Waals surface area contributed by atoms with E-state index in [2.05, 4.69) is 11.4 Å². The van der Waals surface area contributed by atoms with Crippen LogP contribution in [0.1, 0.15) is 25.8 Å². The molecule has 1 aliphatic heterocycles. The van der Waals surface area contributed by atoms with Crippen molar-refractivity contribution in [2.45, 2.75) is 50.9 Å². The highest BCUT2D eigenvalue weighted by Crippen LogP contribution is 2.27. The highest BCUT2D eigenvalue weighted by atomic mass is 16.6. The molecule has 0 bridgehead atoms. The number of amides is 1. The van der Waals surface area contributed by atoms with E-state index in [0.717, 1.165) is 16.5 Å². The topological polar surface area (TPSA) is 126 Å². The van der Waals surface area contributed by atoms with Crippen LogP contribution >= 0.6 is 0 Å². The fourth-order valence-electron chi connectivity index (χ4n) is 3.86. The molecule has 3 rings (SSSR count). The third kappa shape index (κ3) is 4.61. The van der Waals surface area contributed by atoms with Crippen molar-refractivity contribution in [3.05, 3.63) is 47.5 Å². The fourth-order valence-corrected chi connectivity index (χ4v) is 3.86. The van der Waals surface area contributed by atoms with Gasteiger partial charge in [-0.1, -0.05) is 25.1 Å². The van der Waals surface area contributed by atoms with E-state index in [1.54, 1.807) is 13.8 Å². The SMILES string of the molecule is CC[C@H]1OC(O)[C@H](NC(=O)/C(C#N)=C(\C)c2ccc3cc(N(C)C)ccc3c2)[C@@H](O)[C@@H]1O. The number of anilines is 1. The summed E-state index contributed by atoms with van der Waals surface area (Å²) in [5.74, 6) is -0.762. The summed E-state index contributed by atoms with van der Waals surface area (Å²) < 4.78 is 5.29. The molecule has 1 fully saturated rings. The van der Waals surface area contributed by atoms with Gasteiger partial charge in [-0.2, -0.15) is 5.26 Å². The second-order valence-electron chi connectivity index (χ2n) is 8.21. The highest BCUT2D eigenvalue weighted by molar-refractivity contribution is 6.05. The van der Waals surface area contributed by atoms with Gasteiger partial charge in [0.25, 0.3) is 5.91 Å². The lowest BCUT2D eigenvalue weighted by molar-refractivity contribution is -0.247. The van der Waals surface area contributed by atoms with E-state index in [1.807, 2.05) is 55.4 Å².